The van der Waals surface area contributed by atoms with Crippen molar-refractivity contribution < 1.29 is 9.53 Å². The van der Waals surface area contributed by atoms with Crippen LogP contribution in [0.1, 0.15) is 34.1 Å². The Balaban J connectivity index is 2.35. The number of guanidine groups is 1. The molecule has 7 heteroatoms. The van der Waals surface area contributed by atoms with Crippen molar-refractivity contribution in [1.29, 1.82) is 0 Å². The second-order valence-corrected chi connectivity index (χ2v) is 6.48. The first-order valence-electron chi connectivity index (χ1n) is 9.70. The molecule has 1 fully saturated rings. The molecule has 0 aromatic rings. The Hall–Kier alpha value is -1.34. The Morgan fingerprint density at radius 1 is 1.20 bits per heavy atom. The zero-order valence-electron chi connectivity index (χ0n) is 16.5. The molecule has 0 bridgehead atoms. The summed E-state index contributed by atoms with van der Waals surface area (Å²) in [5, 5.41) is 6.52. The van der Waals surface area contributed by atoms with Gasteiger partial charge in [-0.3, -0.25) is 14.7 Å². The molecule has 7 nitrogen and oxygen atoms in total. The molecule has 1 amide bonds. The Bertz CT molecular complexity index is 393. The van der Waals surface area contributed by atoms with Crippen LogP contribution in [0, 0.1) is 5.92 Å². The van der Waals surface area contributed by atoms with Crippen LogP contribution in [-0.2, 0) is 9.53 Å². The van der Waals surface area contributed by atoms with Gasteiger partial charge in [0, 0.05) is 58.8 Å². The number of aliphatic imine (C=N–C) groups is 1. The second-order valence-electron chi connectivity index (χ2n) is 6.48. The quantitative estimate of drug-likeness (QED) is 0.447. The lowest BCUT2D eigenvalue weighted by molar-refractivity contribution is -0.130. The van der Waals surface area contributed by atoms with E-state index in [1.165, 1.54) is 0 Å². The first-order valence-corrected chi connectivity index (χ1v) is 9.70. The SMILES string of the molecule is CCNC(=NCC(C)CN1CCOCC1)NCCC(=O)N(CC)CC. The van der Waals surface area contributed by atoms with Gasteiger partial charge < -0.3 is 20.3 Å². The molecule has 1 rings (SSSR count). The fraction of sp³-hybridized carbons (Fsp3) is 0.889. The molecule has 0 radical (unpaired) electrons. The summed E-state index contributed by atoms with van der Waals surface area (Å²) >= 11 is 0. The molecule has 0 saturated carbocycles. The van der Waals surface area contributed by atoms with Crippen LogP contribution in [0.4, 0.5) is 0 Å². The maximum absolute atomic E-state index is 12.0. The predicted octanol–water partition coefficient (Wildman–Crippen LogP) is 0.768. The van der Waals surface area contributed by atoms with Gasteiger partial charge in [0.25, 0.3) is 0 Å². The number of carbonyl (C=O) groups excluding carboxylic acids is 1. The molecule has 1 aliphatic rings. The van der Waals surface area contributed by atoms with Crippen molar-refractivity contribution in [3.05, 3.63) is 0 Å². The Labute approximate surface area is 153 Å². The smallest absolute Gasteiger partial charge is 0.224 e. The molecular weight excluding hydrogens is 318 g/mol. The number of hydrogen-bond acceptors (Lipinski definition) is 4. The Kier molecular flexibility index (Phi) is 11.2. The van der Waals surface area contributed by atoms with Gasteiger partial charge in [0.2, 0.25) is 5.91 Å². The number of nitrogens with zero attached hydrogens (tertiary/aromatic N) is 3. The normalized spacial score (nSPS) is 17.2. The summed E-state index contributed by atoms with van der Waals surface area (Å²) in [5.41, 5.74) is 0. The van der Waals surface area contributed by atoms with Crippen LogP contribution in [0.2, 0.25) is 0 Å². The molecule has 25 heavy (non-hydrogen) atoms. The van der Waals surface area contributed by atoms with Gasteiger partial charge in [-0.15, -0.1) is 0 Å². The minimum Gasteiger partial charge on any atom is -0.379 e. The van der Waals surface area contributed by atoms with E-state index in [1.54, 1.807) is 0 Å². The van der Waals surface area contributed by atoms with E-state index < -0.39 is 0 Å². The summed E-state index contributed by atoms with van der Waals surface area (Å²) in [6.07, 6.45) is 0.495. The van der Waals surface area contributed by atoms with Crippen molar-refractivity contribution in [1.82, 2.24) is 20.4 Å². The molecule has 1 saturated heterocycles. The highest BCUT2D eigenvalue weighted by Crippen LogP contribution is 2.04. The summed E-state index contributed by atoms with van der Waals surface area (Å²) in [6.45, 7) is 16.8. The van der Waals surface area contributed by atoms with Gasteiger partial charge >= 0.3 is 0 Å². The topological polar surface area (TPSA) is 69.2 Å². The average molecular weight is 356 g/mol. The predicted molar refractivity (Wildman–Crippen MR) is 103 cm³/mol. The molecule has 1 aliphatic heterocycles. The highest BCUT2D eigenvalue weighted by Gasteiger charge is 2.14. The summed E-state index contributed by atoms with van der Waals surface area (Å²) in [6, 6.07) is 0. The van der Waals surface area contributed by atoms with Gasteiger partial charge in [-0.25, -0.2) is 0 Å². The number of rotatable bonds is 10. The Morgan fingerprint density at radius 2 is 1.88 bits per heavy atom. The zero-order chi connectivity index (χ0) is 18.5. The van der Waals surface area contributed by atoms with E-state index in [1.807, 2.05) is 18.7 Å². The van der Waals surface area contributed by atoms with Gasteiger partial charge in [-0.2, -0.15) is 0 Å². The largest absolute Gasteiger partial charge is 0.379 e. The zero-order valence-corrected chi connectivity index (χ0v) is 16.5. The number of amides is 1. The van der Waals surface area contributed by atoms with Crippen LogP contribution >= 0.6 is 0 Å². The molecule has 0 spiro atoms. The first kappa shape index (κ1) is 21.7. The van der Waals surface area contributed by atoms with Gasteiger partial charge in [0.15, 0.2) is 5.96 Å². The standard InChI is InChI=1S/C18H37N5O2/c1-5-19-18(20-9-8-17(24)23(6-2)7-3)21-14-16(4)15-22-10-12-25-13-11-22/h16H,5-15H2,1-4H3,(H2,19,20,21). The summed E-state index contributed by atoms with van der Waals surface area (Å²) in [4.78, 5) is 21.0. The lowest BCUT2D eigenvalue weighted by Crippen LogP contribution is -2.41. The lowest BCUT2D eigenvalue weighted by atomic mass is 10.1. The highest BCUT2D eigenvalue weighted by molar-refractivity contribution is 5.81. The highest BCUT2D eigenvalue weighted by atomic mass is 16.5. The van der Waals surface area contributed by atoms with Crippen molar-refractivity contribution in [2.24, 2.45) is 10.9 Å². The summed E-state index contributed by atoms with van der Waals surface area (Å²) in [7, 11) is 0. The van der Waals surface area contributed by atoms with E-state index in [9.17, 15) is 4.79 Å². The van der Waals surface area contributed by atoms with Gasteiger partial charge in [-0.1, -0.05) is 6.92 Å². The number of carbonyl (C=O) groups is 1. The van der Waals surface area contributed by atoms with E-state index in [-0.39, 0.29) is 5.91 Å². The molecule has 146 valence electrons. The fourth-order valence-corrected chi connectivity index (χ4v) is 2.89. The van der Waals surface area contributed by atoms with E-state index in [4.69, 9.17) is 4.74 Å². The second kappa shape index (κ2) is 12.9. The van der Waals surface area contributed by atoms with Gasteiger partial charge in [0.1, 0.15) is 0 Å². The van der Waals surface area contributed by atoms with Crippen molar-refractivity contribution in [2.75, 3.05) is 65.6 Å². The van der Waals surface area contributed by atoms with Crippen molar-refractivity contribution in [3.8, 4) is 0 Å². The van der Waals surface area contributed by atoms with Crippen LogP contribution < -0.4 is 10.6 Å². The van der Waals surface area contributed by atoms with Crippen molar-refractivity contribution in [3.63, 3.8) is 0 Å². The third-order valence-corrected chi connectivity index (χ3v) is 4.33. The average Bonchev–Trinajstić information content (AvgIpc) is 2.61. The molecule has 0 aromatic carbocycles. The van der Waals surface area contributed by atoms with E-state index in [2.05, 4.69) is 34.4 Å². The van der Waals surface area contributed by atoms with Crippen molar-refractivity contribution in [2.45, 2.75) is 34.1 Å². The minimum atomic E-state index is 0.189. The van der Waals surface area contributed by atoms with E-state index in [0.29, 0.717) is 18.9 Å². The molecule has 2 N–H and O–H groups in total. The maximum atomic E-state index is 12.0. The molecule has 0 aromatic heterocycles. The van der Waals surface area contributed by atoms with E-state index in [0.717, 1.165) is 65.0 Å². The molecule has 1 heterocycles. The van der Waals surface area contributed by atoms with Crippen molar-refractivity contribution >= 4 is 11.9 Å². The third kappa shape index (κ3) is 9.07. The summed E-state index contributed by atoms with van der Waals surface area (Å²) < 4.78 is 5.39. The van der Waals surface area contributed by atoms with Crippen LogP contribution in [0.5, 0.6) is 0 Å². The van der Waals surface area contributed by atoms with Crippen LogP contribution in [-0.4, -0.2) is 87.2 Å². The van der Waals surface area contributed by atoms with Crippen LogP contribution in [0.25, 0.3) is 0 Å². The summed E-state index contributed by atoms with van der Waals surface area (Å²) in [5.74, 6) is 1.48. The van der Waals surface area contributed by atoms with Crippen LogP contribution in [0.15, 0.2) is 4.99 Å². The van der Waals surface area contributed by atoms with Gasteiger partial charge in [0.05, 0.1) is 13.2 Å². The fourth-order valence-electron chi connectivity index (χ4n) is 2.89. The number of hydrogen-bond donors (Lipinski definition) is 2. The molecule has 0 aliphatic carbocycles. The maximum Gasteiger partial charge on any atom is 0.224 e. The van der Waals surface area contributed by atoms with E-state index >= 15 is 0 Å². The number of nitrogens with one attached hydrogen (secondary N) is 2. The monoisotopic (exact) mass is 355 g/mol. The van der Waals surface area contributed by atoms with Gasteiger partial charge in [-0.05, 0) is 26.7 Å². The molecule has 1 atom stereocenters. The number of ether oxygens (including phenoxy) is 1. The lowest BCUT2D eigenvalue weighted by Gasteiger charge is -2.28. The number of morpholine rings is 1. The third-order valence-electron chi connectivity index (χ3n) is 4.33. The Morgan fingerprint density at radius 3 is 2.48 bits per heavy atom. The minimum absolute atomic E-state index is 0.189. The molecular formula is C18H37N5O2. The first-order chi connectivity index (χ1) is 12.1. The van der Waals surface area contributed by atoms with Crippen LogP contribution in [0.3, 0.4) is 0 Å². The molecule has 1 unspecified atom stereocenters.